The zero-order valence-corrected chi connectivity index (χ0v) is 13.3. The van der Waals surface area contributed by atoms with E-state index in [9.17, 15) is 8.42 Å². The molecule has 0 saturated carbocycles. The molecule has 2 aromatic rings. The SMILES string of the molecule is CCn1ccnc1[C@H]1OCC[C@@H]1NS(=O)(=O)c1ccnn1C. The molecule has 2 aromatic heterocycles. The Morgan fingerprint density at radius 3 is 2.95 bits per heavy atom. The Labute approximate surface area is 129 Å². The molecule has 1 N–H and O–H groups in total. The lowest BCUT2D eigenvalue weighted by Crippen LogP contribution is -2.38. The highest BCUT2D eigenvalue weighted by molar-refractivity contribution is 7.89. The number of hydrogen-bond acceptors (Lipinski definition) is 5. The second kappa shape index (κ2) is 5.82. The Bertz CT molecular complexity index is 751. The number of rotatable bonds is 5. The summed E-state index contributed by atoms with van der Waals surface area (Å²) < 4.78 is 36.7. The maximum atomic E-state index is 12.5. The highest BCUT2D eigenvalue weighted by atomic mass is 32.2. The molecule has 8 nitrogen and oxygen atoms in total. The van der Waals surface area contributed by atoms with Gasteiger partial charge in [-0.25, -0.2) is 18.1 Å². The van der Waals surface area contributed by atoms with Crippen LogP contribution in [0.3, 0.4) is 0 Å². The monoisotopic (exact) mass is 325 g/mol. The standard InChI is InChI=1S/C13H19N5O3S/c1-3-18-8-7-14-13(18)12-10(5-9-21-12)16-22(19,20)11-4-6-15-17(11)2/h4,6-8,10,12,16H,3,5,9H2,1-2H3/t10-,12-/m0/s1. The van der Waals surface area contributed by atoms with Gasteiger partial charge in [-0.1, -0.05) is 0 Å². The Balaban J connectivity index is 1.84. The largest absolute Gasteiger partial charge is 0.369 e. The van der Waals surface area contributed by atoms with Crippen molar-refractivity contribution in [3.05, 3.63) is 30.5 Å². The predicted molar refractivity (Wildman–Crippen MR) is 78.5 cm³/mol. The Kier molecular flexibility index (Phi) is 4.02. The van der Waals surface area contributed by atoms with Gasteiger partial charge in [-0.3, -0.25) is 4.68 Å². The number of sulfonamides is 1. The molecule has 0 aromatic carbocycles. The van der Waals surface area contributed by atoms with Crippen LogP contribution >= 0.6 is 0 Å². The van der Waals surface area contributed by atoms with Crippen molar-refractivity contribution in [2.45, 2.75) is 37.1 Å². The van der Waals surface area contributed by atoms with Gasteiger partial charge in [-0.2, -0.15) is 5.10 Å². The molecule has 2 atom stereocenters. The molecule has 1 saturated heterocycles. The minimum absolute atomic E-state index is 0.136. The number of nitrogens with one attached hydrogen (secondary N) is 1. The van der Waals surface area contributed by atoms with Crippen molar-refractivity contribution in [1.29, 1.82) is 0 Å². The molecular formula is C13H19N5O3S. The summed E-state index contributed by atoms with van der Waals surface area (Å²) in [5.41, 5.74) is 0. The van der Waals surface area contributed by atoms with Crippen molar-refractivity contribution < 1.29 is 13.2 Å². The average molecular weight is 325 g/mol. The van der Waals surface area contributed by atoms with E-state index in [2.05, 4.69) is 14.8 Å². The van der Waals surface area contributed by atoms with Crippen LogP contribution in [0.4, 0.5) is 0 Å². The third-order valence-corrected chi connectivity index (χ3v) is 5.36. The van der Waals surface area contributed by atoms with Crippen LogP contribution in [0.5, 0.6) is 0 Å². The van der Waals surface area contributed by atoms with Crippen molar-refractivity contribution in [3.8, 4) is 0 Å². The van der Waals surface area contributed by atoms with Crippen LogP contribution in [0.2, 0.25) is 0 Å². The first-order valence-corrected chi connectivity index (χ1v) is 8.64. The van der Waals surface area contributed by atoms with E-state index < -0.39 is 10.0 Å². The number of ether oxygens (including phenoxy) is 1. The van der Waals surface area contributed by atoms with Crippen LogP contribution in [0.25, 0.3) is 0 Å². The van der Waals surface area contributed by atoms with Crippen molar-refractivity contribution >= 4 is 10.0 Å². The molecule has 1 fully saturated rings. The van der Waals surface area contributed by atoms with Crippen LogP contribution in [-0.2, 0) is 28.4 Å². The van der Waals surface area contributed by atoms with E-state index in [4.69, 9.17) is 4.74 Å². The van der Waals surface area contributed by atoms with E-state index in [1.165, 1.54) is 16.9 Å². The Morgan fingerprint density at radius 1 is 1.45 bits per heavy atom. The molecule has 0 bridgehead atoms. The van der Waals surface area contributed by atoms with Gasteiger partial charge in [-0.15, -0.1) is 0 Å². The van der Waals surface area contributed by atoms with Gasteiger partial charge in [-0.05, 0) is 19.4 Å². The van der Waals surface area contributed by atoms with Crippen molar-refractivity contribution in [2.24, 2.45) is 7.05 Å². The lowest BCUT2D eigenvalue weighted by Gasteiger charge is -2.20. The van der Waals surface area contributed by atoms with Gasteiger partial charge in [0.25, 0.3) is 10.0 Å². The molecule has 9 heteroatoms. The van der Waals surface area contributed by atoms with E-state index in [-0.39, 0.29) is 17.2 Å². The van der Waals surface area contributed by atoms with Gasteiger partial charge >= 0.3 is 0 Å². The first-order valence-electron chi connectivity index (χ1n) is 7.16. The van der Waals surface area contributed by atoms with Crippen LogP contribution in [-0.4, -0.2) is 40.4 Å². The fourth-order valence-electron chi connectivity index (χ4n) is 2.69. The van der Waals surface area contributed by atoms with Gasteiger partial charge in [0.15, 0.2) is 5.03 Å². The fraction of sp³-hybridized carbons (Fsp3) is 0.538. The zero-order chi connectivity index (χ0) is 15.7. The first kappa shape index (κ1) is 15.2. The van der Waals surface area contributed by atoms with Gasteiger partial charge in [0.1, 0.15) is 11.9 Å². The van der Waals surface area contributed by atoms with E-state index >= 15 is 0 Å². The molecule has 0 amide bonds. The number of nitrogens with zero attached hydrogens (tertiary/aromatic N) is 4. The molecule has 3 heterocycles. The summed E-state index contributed by atoms with van der Waals surface area (Å²) in [5.74, 6) is 0.748. The summed E-state index contributed by atoms with van der Waals surface area (Å²) in [4.78, 5) is 4.32. The van der Waals surface area contributed by atoms with E-state index in [0.717, 1.165) is 12.4 Å². The smallest absolute Gasteiger partial charge is 0.258 e. The number of aryl methyl sites for hydroxylation is 2. The maximum absolute atomic E-state index is 12.5. The number of imidazole rings is 1. The lowest BCUT2D eigenvalue weighted by atomic mass is 10.1. The minimum Gasteiger partial charge on any atom is -0.369 e. The molecule has 0 aliphatic carbocycles. The summed E-state index contributed by atoms with van der Waals surface area (Å²) in [6, 6.07) is 1.13. The zero-order valence-electron chi connectivity index (χ0n) is 12.5. The van der Waals surface area contributed by atoms with Crippen LogP contribution in [0, 0.1) is 0 Å². The predicted octanol–water partition coefficient (Wildman–Crippen LogP) is 0.445. The van der Waals surface area contributed by atoms with E-state index in [1.54, 1.807) is 13.2 Å². The minimum atomic E-state index is -3.64. The number of aromatic nitrogens is 4. The van der Waals surface area contributed by atoms with Crippen molar-refractivity contribution in [2.75, 3.05) is 6.61 Å². The van der Waals surface area contributed by atoms with E-state index in [1.807, 2.05) is 17.7 Å². The van der Waals surface area contributed by atoms with Crippen molar-refractivity contribution in [1.82, 2.24) is 24.1 Å². The van der Waals surface area contributed by atoms with Crippen molar-refractivity contribution in [3.63, 3.8) is 0 Å². The molecule has 1 aliphatic rings. The highest BCUT2D eigenvalue weighted by Crippen LogP contribution is 2.29. The van der Waals surface area contributed by atoms with Crippen LogP contribution in [0.15, 0.2) is 29.7 Å². The second-order valence-corrected chi connectivity index (χ2v) is 6.83. The molecule has 0 spiro atoms. The van der Waals surface area contributed by atoms with Gasteiger partial charge < -0.3 is 9.30 Å². The second-order valence-electron chi connectivity index (χ2n) is 5.17. The summed E-state index contributed by atoms with van der Waals surface area (Å²) in [5, 5.41) is 4.04. The molecule has 22 heavy (non-hydrogen) atoms. The Hall–Kier alpha value is -1.71. The quantitative estimate of drug-likeness (QED) is 0.861. The lowest BCUT2D eigenvalue weighted by molar-refractivity contribution is 0.0925. The normalized spacial score (nSPS) is 22.3. The third-order valence-electron chi connectivity index (χ3n) is 3.79. The Morgan fingerprint density at radius 2 is 2.27 bits per heavy atom. The van der Waals surface area contributed by atoms with Gasteiger partial charge in [0.2, 0.25) is 0 Å². The van der Waals surface area contributed by atoms with Gasteiger partial charge in [0, 0.05) is 32.6 Å². The van der Waals surface area contributed by atoms with E-state index in [0.29, 0.717) is 13.0 Å². The molecule has 3 rings (SSSR count). The van der Waals surface area contributed by atoms with Gasteiger partial charge in [0.05, 0.1) is 12.2 Å². The summed E-state index contributed by atoms with van der Waals surface area (Å²) in [6.07, 6.45) is 5.26. The summed E-state index contributed by atoms with van der Waals surface area (Å²) >= 11 is 0. The molecule has 0 radical (unpaired) electrons. The number of hydrogen-bond donors (Lipinski definition) is 1. The van der Waals surface area contributed by atoms with Crippen LogP contribution < -0.4 is 4.72 Å². The fourth-order valence-corrected chi connectivity index (χ4v) is 4.09. The van der Waals surface area contributed by atoms with Crippen LogP contribution in [0.1, 0.15) is 25.3 Å². The first-order chi connectivity index (χ1) is 10.5. The average Bonchev–Trinajstić information content (AvgIpc) is 3.17. The summed E-state index contributed by atoms with van der Waals surface area (Å²) in [6.45, 7) is 3.27. The molecule has 0 unspecified atom stereocenters. The maximum Gasteiger partial charge on any atom is 0.258 e. The molecule has 120 valence electrons. The highest BCUT2D eigenvalue weighted by Gasteiger charge is 2.36. The third kappa shape index (κ3) is 2.67. The topological polar surface area (TPSA) is 91.0 Å². The molecule has 1 aliphatic heterocycles. The summed E-state index contributed by atoms with van der Waals surface area (Å²) in [7, 11) is -2.04. The molecular weight excluding hydrogens is 306 g/mol.